The van der Waals surface area contributed by atoms with E-state index in [2.05, 4.69) is 26.1 Å². The lowest BCUT2D eigenvalue weighted by Gasteiger charge is -2.34. The lowest BCUT2D eigenvalue weighted by atomic mass is 9.87. The first-order valence-electron chi connectivity index (χ1n) is 9.28. The number of hydrogen-bond donors (Lipinski definition) is 2. The second-order valence-corrected chi connectivity index (χ2v) is 8.19. The molecule has 7 nitrogen and oxygen atoms in total. The Balaban J connectivity index is 1.82. The van der Waals surface area contributed by atoms with Crippen molar-refractivity contribution in [1.82, 2.24) is 9.80 Å². The monoisotopic (exact) mass is 377 g/mol. The number of carbonyl (C=O) groups is 2. The number of carbonyl (C=O) groups excluding carboxylic acids is 1. The lowest BCUT2D eigenvalue weighted by molar-refractivity contribution is -0.138. The van der Waals surface area contributed by atoms with E-state index in [1.54, 1.807) is 11.9 Å². The van der Waals surface area contributed by atoms with Gasteiger partial charge in [0.1, 0.15) is 0 Å². The molecule has 0 aliphatic carbocycles. The zero-order valence-corrected chi connectivity index (χ0v) is 16.7. The summed E-state index contributed by atoms with van der Waals surface area (Å²) in [5, 5.41) is 11.8. The van der Waals surface area contributed by atoms with E-state index in [1.165, 1.54) is 5.56 Å². The summed E-state index contributed by atoms with van der Waals surface area (Å²) in [7, 11) is 1.75. The van der Waals surface area contributed by atoms with Gasteiger partial charge in [-0.3, -0.25) is 19.4 Å². The summed E-state index contributed by atoms with van der Waals surface area (Å²) in [5.74, 6) is -0.917. The molecule has 2 rings (SSSR count). The fraction of sp³-hybridized carbons (Fsp3) is 0.600. The minimum atomic E-state index is -0.859. The number of benzene rings is 1. The highest BCUT2D eigenvalue weighted by atomic mass is 16.5. The van der Waals surface area contributed by atoms with Crippen LogP contribution in [0.15, 0.2) is 24.3 Å². The number of ether oxygens (including phenoxy) is 1. The summed E-state index contributed by atoms with van der Waals surface area (Å²) in [6.45, 7) is 9.11. The van der Waals surface area contributed by atoms with Crippen molar-refractivity contribution in [3.8, 4) is 0 Å². The number of rotatable bonds is 7. The number of hydrogen-bond acceptors (Lipinski definition) is 5. The van der Waals surface area contributed by atoms with Crippen LogP contribution >= 0.6 is 0 Å². The van der Waals surface area contributed by atoms with Gasteiger partial charge in [-0.05, 0) is 30.2 Å². The van der Waals surface area contributed by atoms with Crippen LogP contribution in [-0.4, -0.2) is 79.3 Å². The Hall–Kier alpha value is -1.96. The van der Waals surface area contributed by atoms with Crippen molar-refractivity contribution < 1.29 is 19.4 Å². The molecule has 150 valence electrons. The fourth-order valence-electron chi connectivity index (χ4n) is 3.13. The van der Waals surface area contributed by atoms with Crippen LogP contribution in [0.5, 0.6) is 0 Å². The Bertz CT molecular complexity index is 640. The summed E-state index contributed by atoms with van der Waals surface area (Å²) >= 11 is 0. The number of amides is 1. The summed E-state index contributed by atoms with van der Waals surface area (Å²) in [4.78, 5) is 26.9. The van der Waals surface area contributed by atoms with Crippen LogP contribution in [0.2, 0.25) is 0 Å². The Morgan fingerprint density at radius 3 is 2.56 bits per heavy atom. The molecular formula is C20H31N3O4. The molecule has 0 bridgehead atoms. The van der Waals surface area contributed by atoms with Crippen LogP contribution in [0.3, 0.4) is 0 Å². The smallest absolute Gasteiger partial charge is 0.317 e. The highest BCUT2D eigenvalue weighted by Gasteiger charge is 2.24. The molecule has 1 unspecified atom stereocenters. The van der Waals surface area contributed by atoms with E-state index >= 15 is 0 Å². The number of aliphatic carboxylic acids is 1. The summed E-state index contributed by atoms with van der Waals surface area (Å²) in [5.41, 5.74) is 2.10. The van der Waals surface area contributed by atoms with Crippen molar-refractivity contribution in [2.45, 2.75) is 32.3 Å². The number of morpholine rings is 1. The van der Waals surface area contributed by atoms with Gasteiger partial charge in [-0.15, -0.1) is 0 Å². The van der Waals surface area contributed by atoms with E-state index in [9.17, 15) is 9.59 Å². The molecule has 27 heavy (non-hydrogen) atoms. The zero-order valence-electron chi connectivity index (χ0n) is 16.7. The van der Waals surface area contributed by atoms with Crippen LogP contribution in [0, 0.1) is 0 Å². The fourth-order valence-corrected chi connectivity index (χ4v) is 3.13. The highest BCUT2D eigenvalue weighted by molar-refractivity contribution is 5.92. The van der Waals surface area contributed by atoms with E-state index < -0.39 is 5.97 Å². The van der Waals surface area contributed by atoms with Crippen molar-refractivity contribution in [1.29, 1.82) is 0 Å². The minimum Gasteiger partial charge on any atom is -0.480 e. The Labute approximate surface area is 161 Å². The van der Waals surface area contributed by atoms with Crippen LogP contribution in [0.25, 0.3) is 0 Å². The predicted octanol–water partition coefficient (Wildman–Crippen LogP) is 1.64. The minimum absolute atomic E-state index is 0.0229. The molecule has 2 N–H and O–H groups in total. The van der Waals surface area contributed by atoms with E-state index in [4.69, 9.17) is 9.84 Å². The maximum atomic E-state index is 12.4. The molecule has 1 saturated heterocycles. The number of nitrogens with one attached hydrogen (secondary N) is 1. The van der Waals surface area contributed by atoms with Gasteiger partial charge in [0.15, 0.2) is 0 Å². The Morgan fingerprint density at radius 2 is 1.96 bits per heavy atom. The largest absolute Gasteiger partial charge is 0.480 e. The summed E-state index contributed by atoms with van der Waals surface area (Å²) in [6, 6.07) is 7.94. The van der Waals surface area contributed by atoms with Crippen molar-refractivity contribution in [3.63, 3.8) is 0 Å². The molecule has 0 spiro atoms. The Morgan fingerprint density at radius 1 is 1.30 bits per heavy atom. The summed E-state index contributed by atoms with van der Waals surface area (Å²) < 4.78 is 5.70. The third-order valence-corrected chi connectivity index (χ3v) is 4.55. The van der Waals surface area contributed by atoms with Gasteiger partial charge in [-0.25, -0.2) is 0 Å². The first kappa shape index (κ1) is 21.3. The van der Waals surface area contributed by atoms with Gasteiger partial charge in [0.05, 0.1) is 25.8 Å². The number of carboxylic acid groups (broad SMARTS) is 1. The average Bonchev–Trinajstić information content (AvgIpc) is 2.53. The van der Waals surface area contributed by atoms with Crippen LogP contribution < -0.4 is 5.32 Å². The van der Waals surface area contributed by atoms with Crippen molar-refractivity contribution >= 4 is 17.6 Å². The van der Waals surface area contributed by atoms with Gasteiger partial charge in [0, 0.05) is 25.3 Å². The van der Waals surface area contributed by atoms with Crippen molar-refractivity contribution in [3.05, 3.63) is 29.8 Å². The maximum absolute atomic E-state index is 12.4. The third kappa shape index (κ3) is 7.28. The first-order chi connectivity index (χ1) is 12.6. The molecule has 1 amide bonds. The standard InChI is InChI=1S/C20H31N3O4/c1-20(2,3)15-5-7-16(8-6-15)21-18(24)13-23-9-10-27-17(12-23)11-22(4)14-19(25)26/h5-8,17H,9-14H2,1-4H3,(H,21,24)(H,25,26). The summed E-state index contributed by atoms with van der Waals surface area (Å²) in [6.07, 6.45) is -0.0954. The number of likely N-dealkylation sites (N-methyl/N-ethyl adjacent to an activating group) is 1. The first-order valence-corrected chi connectivity index (χ1v) is 9.28. The molecule has 0 radical (unpaired) electrons. The van der Waals surface area contributed by atoms with E-state index in [0.717, 1.165) is 5.69 Å². The van der Waals surface area contributed by atoms with E-state index in [1.807, 2.05) is 29.2 Å². The molecule has 1 atom stereocenters. The SMILES string of the molecule is CN(CC(=O)O)CC1CN(CC(=O)Nc2ccc(C(C)(C)C)cc2)CCO1. The predicted molar refractivity (Wildman–Crippen MR) is 105 cm³/mol. The maximum Gasteiger partial charge on any atom is 0.317 e. The van der Waals surface area contributed by atoms with Gasteiger partial charge < -0.3 is 15.2 Å². The van der Waals surface area contributed by atoms with Crippen molar-refractivity contribution in [2.24, 2.45) is 0 Å². The normalized spacial score (nSPS) is 18.5. The molecule has 0 aromatic heterocycles. The second-order valence-electron chi connectivity index (χ2n) is 8.19. The number of nitrogens with zero attached hydrogens (tertiary/aromatic N) is 2. The molecular weight excluding hydrogens is 346 g/mol. The molecule has 7 heteroatoms. The zero-order chi connectivity index (χ0) is 20.0. The van der Waals surface area contributed by atoms with Crippen LogP contribution in [0.4, 0.5) is 5.69 Å². The molecule has 1 aromatic carbocycles. The van der Waals surface area contributed by atoms with Crippen LogP contribution in [0.1, 0.15) is 26.3 Å². The lowest BCUT2D eigenvalue weighted by Crippen LogP contribution is -2.49. The molecule has 1 heterocycles. The quantitative estimate of drug-likeness (QED) is 0.752. The van der Waals surface area contributed by atoms with Gasteiger partial charge in [0.25, 0.3) is 0 Å². The third-order valence-electron chi connectivity index (χ3n) is 4.55. The molecule has 1 aliphatic rings. The van der Waals surface area contributed by atoms with Gasteiger partial charge in [-0.2, -0.15) is 0 Å². The van der Waals surface area contributed by atoms with Crippen molar-refractivity contribution in [2.75, 3.05) is 51.7 Å². The number of carboxylic acids is 1. The topological polar surface area (TPSA) is 82.1 Å². The van der Waals surface area contributed by atoms with E-state index in [0.29, 0.717) is 32.8 Å². The Kier molecular flexibility index (Phi) is 7.35. The highest BCUT2D eigenvalue weighted by Crippen LogP contribution is 2.23. The molecule has 1 aliphatic heterocycles. The number of anilines is 1. The van der Waals surface area contributed by atoms with E-state index in [-0.39, 0.29) is 24.0 Å². The van der Waals surface area contributed by atoms with Gasteiger partial charge in [-0.1, -0.05) is 32.9 Å². The van der Waals surface area contributed by atoms with Crippen LogP contribution in [-0.2, 0) is 19.7 Å². The second kappa shape index (κ2) is 9.30. The average molecular weight is 377 g/mol. The van der Waals surface area contributed by atoms with Gasteiger partial charge in [0.2, 0.25) is 5.91 Å². The molecule has 0 saturated carbocycles. The molecule has 1 aromatic rings. The molecule has 1 fully saturated rings. The van der Waals surface area contributed by atoms with Gasteiger partial charge >= 0.3 is 5.97 Å².